The highest BCUT2D eigenvalue weighted by atomic mass is 16.5. The van der Waals surface area contributed by atoms with Gasteiger partial charge in [-0.05, 0) is 61.9 Å². The first-order valence-electron chi connectivity index (χ1n) is 10.4. The Morgan fingerprint density at radius 2 is 1.68 bits per heavy atom. The number of nitrogens with one attached hydrogen (secondary N) is 2. The molecule has 1 aromatic heterocycles. The average Bonchev–Trinajstić information content (AvgIpc) is 2.75. The molecule has 0 aliphatic carbocycles. The van der Waals surface area contributed by atoms with Crippen molar-refractivity contribution in [2.75, 3.05) is 36.2 Å². The van der Waals surface area contributed by atoms with Crippen LogP contribution in [0.25, 0.3) is 0 Å². The number of hydrogen-bond acceptors (Lipinski definition) is 6. The van der Waals surface area contributed by atoms with Gasteiger partial charge >= 0.3 is 0 Å². The van der Waals surface area contributed by atoms with Crippen LogP contribution in [0, 0.1) is 6.92 Å². The zero-order chi connectivity index (χ0) is 22.2. The molecule has 3 rings (SSSR count). The van der Waals surface area contributed by atoms with Crippen molar-refractivity contribution in [3.8, 4) is 5.75 Å². The van der Waals surface area contributed by atoms with Crippen LogP contribution in [0.3, 0.4) is 0 Å². The maximum Gasteiger partial charge on any atom is 0.255 e. The van der Waals surface area contributed by atoms with Gasteiger partial charge < -0.3 is 20.3 Å². The SMILES string of the molecule is CCCCOc1ccc(C(=O)Nc2ccc(Nc3cc(N(C)C)nc(C)n3)cc2)cc1. The smallest absolute Gasteiger partial charge is 0.255 e. The Labute approximate surface area is 183 Å². The predicted molar refractivity (Wildman–Crippen MR) is 126 cm³/mol. The molecule has 0 saturated carbocycles. The fourth-order valence-corrected chi connectivity index (χ4v) is 2.87. The lowest BCUT2D eigenvalue weighted by Crippen LogP contribution is -2.12. The lowest BCUT2D eigenvalue weighted by atomic mass is 10.2. The second-order valence-electron chi connectivity index (χ2n) is 7.44. The third kappa shape index (κ3) is 6.44. The minimum absolute atomic E-state index is 0.164. The van der Waals surface area contributed by atoms with E-state index in [1.165, 1.54) is 0 Å². The molecule has 0 unspecified atom stereocenters. The number of benzene rings is 2. The molecular formula is C24H29N5O2. The number of hydrogen-bond donors (Lipinski definition) is 2. The van der Waals surface area contributed by atoms with Crippen LogP contribution in [-0.4, -0.2) is 36.6 Å². The normalized spacial score (nSPS) is 10.5. The Kier molecular flexibility index (Phi) is 7.43. The largest absolute Gasteiger partial charge is 0.494 e. The van der Waals surface area contributed by atoms with Crippen LogP contribution in [0.15, 0.2) is 54.6 Å². The molecule has 0 atom stereocenters. The summed E-state index contributed by atoms with van der Waals surface area (Å²) in [6.45, 7) is 4.67. The van der Waals surface area contributed by atoms with E-state index in [4.69, 9.17) is 4.74 Å². The lowest BCUT2D eigenvalue weighted by molar-refractivity contribution is 0.102. The number of nitrogens with zero attached hydrogens (tertiary/aromatic N) is 3. The Hall–Kier alpha value is -3.61. The van der Waals surface area contributed by atoms with E-state index in [1.54, 1.807) is 12.1 Å². The number of unbranched alkanes of at least 4 members (excludes halogenated alkanes) is 1. The first-order valence-corrected chi connectivity index (χ1v) is 10.4. The minimum Gasteiger partial charge on any atom is -0.494 e. The molecule has 2 aromatic carbocycles. The highest BCUT2D eigenvalue weighted by Crippen LogP contribution is 2.21. The van der Waals surface area contributed by atoms with Gasteiger partial charge in [0.05, 0.1) is 6.61 Å². The number of aryl methyl sites for hydroxylation is 1. The van der Waals surface area contributed by atoms with Gasteiger partial charge in [-0.25, -0.2) is 9.97 Å². The number of ether oxygens (including phenoxy) is 1. The molecule has 0 saturated heterocycles. The molecule has 0 spiro atoms. The Morgan fingerprint density at radius 1 is 1.00 bits per heavy atom. The molecule has 0 aliphatic heterocycles. The molecule has 7 nitrogen and oxygen atoms in total. The second kappa shape index (κ2) is 10.4. The van der Waals surface area contributed by atoms with Crippen LogP contribution in [0.1, 0.15) is 35.9 Å². The third-order valence-corrected chi connectivity index (χ3v) is 4.58. The van der Waals surface area contributed by atoms with Gasteiger partial charge in [0.1, 0.15) is 23.2 Å². The van der Waals surface area contributed by atoms with Crippen molar-refractivity contribution < 1.29 is 9.53 Å². The van der Waals surface area contributed by atoms with E-state index >= 15 is 0 Å². The van der Waals surface area contributed by atoms with Gasteiger partial charge in [0, 0.05) is 37.1 Å². The van der Waals surface area contributed by atoms with Crippen molar-refractivity contribution in [3.05, 3.63) is 66.0 Å². The first-order chi connectivity index (χ1) is 14.9. The average molecular weight is 420 g/mol. The summed E-state index contributed by atoms with van der Waals surface area (Å²) in [5.41, 5.74) is 2.17. The number of carbonyl (C=O) groups excluding carboxylic acids is 1. The van der Waals surface area contributed by atoms with Gasteiger partial charge in [-0.1, -0.05) is 13.3 Å². The zero-order valence-electron chi connectivity index (χ0n) is 18.5. The van der Waals surface area contributed by atoms with Crippen LogP contribution in [0.5, 0.6) is 5.75 Å². The summed E-state index contributed by atoms with van der Waals surface area (Å²) < 4.78 is 5.64. The first kappa shape index (κ1) is 22.1. The van der Waals surface area contributed by atoms with E-state index in [-0.39, 0.29) is 5.91 Å². The topological polar surface area (TPSA) is 79.4 Å². The predicted octanol–water partition coefficient (Wildman–Crippen LogP) is 5.03. The van der Waals surface area contributed by atoms with Crippen molar-refractivity contribution in [3.63, 3.8) is 0 Å². The van der Waals surface area contributed by atoms with Gasteiger partial charge in [-0.15, -0.1) is 0 Å². The van der Waals surface area contributed by atoms with Crippen molar-refractivity contribution in [1.82, 2.24) is 9.97 Å². The summed E-state index contributed by atoms with van der Waals surface area (Å²) in [6.07, 6.45) is 2.10. The van der Waals surface area contributed by atoms with E-state index in [1.807, 2.05) is 68.4 Å². The molecule has 0 radical (unpaired) electrons. The van der Waals surface area contributed by atoms with Gasteiger partial charge in [0.2, 0.25) is 0 Å². The molecule has 0 aliphatic rings. The zero-order valence-corrected chi connectivity index (χ0v) is 18.5. The van der Waals surface area contributed by atoms with Crippen LogP contribution in [0.2, 0.25) is 0 Å². The van der Waals surface area contributed by atoms with Crippen LogP contribution in [0.4, 0.5) is 23.0 Å². The maximum atomic E-state index is 12.5. The van der Waals surface area contributed by atoms with Crippen molar-refractivity contribution in [1.29, 1.82) is 0 Å². The molecule has 1 amide bonds. The van der Waals surface area contributed by atoms with Gasteiger partial charge in [0.25, 0.3) is 5.91 Å². The standard InChI is InChI=1S/C24H29N5O2/c1-5-6-15-31-21-13-7-18(8-14-21)24(30)28-20-11-9-19(10-12-20)27-22-16-23(29(3)4)26-17(2)25-22/h7-14,16H,5-6,15H2,1-4H3,(H,28,30)(H,25,26,27). The summed E-state index contributed by atoms with van der Waals surface area (Å²) in [5.74, 6) is 2.86. The molecule has 1 heterocycles. The fourth-order valence-electron chi connectivity index (χ4n) is 2.87. The summed E-state index contributed by atoms with van der Waals surface area (Å²) in [5, 5.41) is 6.19. The maximum absolute atomic E-state index is 12.5. The van der Waals surface area contributed by atoms with E-state index in [9.17, 15) is 4.79 Å². The molecule has 7 heteroatoms. The Bertz CT molecular complexity index is 1000. The van der Waals surface area contributed by atoms with Crippen LogP contribution >= 0.6 is 0 Å². The third-order valence-electron chi connectivity index (χ3n) is 4.58. The number of carbonyl (C=O) groups is 1. The number of amides is 1. The van der Waals surface area contributed by atoms with Crippen LogP contribution < -0.4 is 20.3 Å². The molecule has 0 fully saturated rings. The van der Waals surface area contributed by atoms with Crippen LogP contribution in [-0.2, 0) is 0 Å². The highest BCUT2D eigenvalue weighted by molar-refractivity contribution is 6.04. The van der Waals surface area contributed by atoms with E-state index in [2.05, 4.69) is 27.5 Å². The number of anilines is 4. The molecule has 31 heavy (non-hydrogen) atoms. The van der Waals surface area contributed by atoms with E-state index in [0.29, 0.717) is 29.5 Å². The summed E-state index contributed by atoms with van der Waals surface area (Å²) in [4.78, 5) is 23.3. The van der Waals surface area contributed by atoms with Crippen molar-refractivity contribution in [2.24, 2.45) is 0 Å². The fraction of sp³-hybridized carbons (Fsp3) is 0.292. The van der Waals surface area contributed by atoms with E-state index in [0.717, 1.165) is 30.1 Å². The summed E-state index contributed by atoms with van der Waals surface area (Å²) in [7, 11) is 3.88. The van der Waals surface area contributed by atoms with Crippen molar-refractivity contribution in [2.45, 2.75) is 26.7 Å². The minimum atomic E-state index is -0.164. The second-order valence-corrected chi connectivity index (χ2v) is 7.44. The highest BCUT2D eigenvalue weighted by Gasteiger charge is 2.08. The van der Waals surface area contributed by atoms with Crippen molar-refractivity contribution >= 4 is 28.9 Å². The van der Waals surface area contributed by atoms with Gasteiger partial charge in [-0.3, -0.25) is 4.79 Å². The number of rotatable bonds is 9. The van der Waals surface area contributed by atoms with Gasteiger partial charge in [-0.2, -0.15) is 0 Å². The lowest BCUT2D eigenvalue weighted by Gasteiger charge is -2.14. The molecular weight excluding hydrogens is 390 g/mol. The molecule has 162 valence electrons. The van der Waals surface area contributed by atoms with E-state index < -0.39 is 0 Å². The molecule has 2 N–H and O–H groups in total. The Balaban J connectivity index is 1.59. The monoisotopic (exact) mass is 419 g/mol. The summed E-state index contributed by atoms with van der Waals surface area (Å²) in [6, 6.07) is 16.6. The van der Waals surface area contributed by atoms with Gasteiger partial charge in [0.15, 0.2) is 0 Å². The quantitative estimate of drug-likeness (QED) is 0.474. The summed E-state index contributed by atoms with van der Waals surface area (Å²) >= 11 is 0. The Morgan fingerprint density at radius 3 is 2.32 bits per heavy atom. The molecule has 0 bridgehead atoms. The molecule has 3 aromatic rings. The number of aromatic nitrogens is 2.